The van der Waals surface area contributed by atoms with Crippen LogP contribution in [0.5, 0.6) is 0 Å². The van der Waals surface area contributed by atoms with Gasteiger partial charge in [-0.2, -0.15) is 0 Å². The molecule has 53 heavy (non-hydrogen) atoms. The Hall–Kier alpha value is -6.22. The third kappa shape index (κ3) is 4.69. The van der Waals surface area contributed by atoms with Gasteiger partial charge in [0.15, 0.2) is 8.07 Å². The lowest BCUT2D eigenvalue weighted by Gasteiger charge is -2.35. The number of aromatic nitrogens is 1. The second-order valence-corrected chi connectivity index (χ2v) is 18.7. The van der Waals surface area contributed by atoms with Gasteiger partial charge in [0.1, 0.15) is 0 Å². The lowest BCUT2D eigenvalue weighted by molar-refractivity contribution is 0.660. The van der Waals surface area contributed by atoms with Crippen LogP contribution in [0.4, 0.5) is 0 Å². The second-order valence-electron chi connectivity index (χ2n) is 14.9. The van der Waals surface area contributed by atoms with Crippen LogP contribution in [0.25, 0.3) is 49.7 Å². The molecule has 0 N–H and O–H groups in total. The first kappa shape index (κ1) is 31.5. The van der Waals surface area contributed by atoms with Gasteiger partial charge in [-0.05, 0) is 78.4 Å². The molecular formula is C51H39NSi. The van der Waals surface area contributed by atoms with E-state index in [9.17, 15) is 0 Å². The van der Waals surface area contributed by atoms with E-state index in [1.807, 2.05) is 0 Å². The van der Waals surface area contributed by atoms with Gasteiger partial charge in [0.25, 0.3) is 0 Å². The van der Waals surface area contributed by atoms with Crippen LogP contribution in [-0.4, -0.2) is 12.6 Å². The maximum Gasteiger partial charge on any atom is 0.181 e. The fourth-order valence-electron chi connectivity index (χ4n) is 9.33. The Balaban J connectivity index is 1.29. The minimum absolute atomic E-state index is 0.0629. The number of fused-ring (bicyclic) bond motifs is 6. The molecule has 252 valence electrons. The molecule has 0 aliphatic heterocycles. The number of rotatable bonds is 6. The summed E-state index contributed by atoms with van der Waals surface area (Å²) in [6.07, 6.45) is 0. The number of benzene rings is 8. The van der Waals surface area contributed by atoms with Crippen LogP contribution in [0, 0.1) is 0 Å². The molecule has 1 nitrogen and oxygen atoms in total. The fraction of sp³-hybridized carbons (Fsp3) is 0.0588. The first-order chi connectivity index (χ1) is 26.1. The molecule has 8 aromatic carbocycles. The van der Waals surface area contributed by atoms with Crippen LogP contribution in [0.1, 0.15) is 25.0 Å². The maximum atomic E-state index is 2.51. The lowest BCUT2D eigenvalue weighted by atomic mass is 9.81. The van der Waals surface area contributed by atoms with E-state index in [2.05, 4.69) is 219 Å². The van der Waals surface area contributed by atoms with E-state index >= 15 is 0 Å². The highest BCUT2D eigenvalue weighted by Crippen LogP contribution is 2.49. The normalized spacial score (nSPS) is 13.2. The van der Waals surface area contributed by atoms with Crippen molar-refractivity contribution in [2.75, 3.05) is 0 Å². The molecule has 0 spiro atoms. The predicted octanol–water partition coefficient (Wildman–Crippen LogP) is 10.1. The highest BCUT2D eigenvalue weighted by atomic mass is 28.3. The smallest absolute Gasteiger partial charge is 0.181 e. The van der Waals surface area contributed by atoms with E-state index in [0.29, 0.717) is 0 Å². The number of hydrogen-bond donors (Lipinski definition) is 0. The number of para-hydroxylation sites is 3. The zero-order valence-corrected chi connectivity index (χ0v) is 31.0. The van der Waals surface area contributed by atoms with Crippen molar-refractivity contribution in [2.45, 2.75) is 19.3 Å². The average Bonchev–Trinajstić information content (AvgIpc) is 3.68. The molecule has 0 radical (unpaired) electrons. The number of hydrogen-bond acceptors (Lipinski definition) is 0. The Labute approximate surface area is 312 Å². The Kier molecular flexibility index (Phi) is 7.25. The molecule has 1 aliphatic rings. The van der Waals surface area contributed by atoms with Crippen molar-refractivity contribution < 1.29 is 0 Å². The molecule has 1 aliphatic carbocycles. The minimum atomic E-state index is -2.98. The molecular weight excluding hydrogens is 655 g/mol. The molecule has 0 unspecified atom stereocenters. The second kappa shape index (κ2) is 12.2. The zero-order valence-electron chi connectivity index (χ0n) is 30.0. The van der Waals surface area contributed by atoms with Gasteiger partial charge >= 0.3 is 0 Å². The van der Waals surface area contributed by atoms with E-state index in [0.717, 1.165) is 0 Å². The van der Waals surface area contributed by atoms with Crippen molar-refractivity contribution in [2.24, 2.45) is 0 Å². The van der Waals surface area contributed by atoms with Gasteiger partial charge in [-0.3, -0.25) is 0 Å². The summed E-state index contributed by atoms with van der Waals surface area (Å²) >= 11 is 0. The van der Waals surface area contributed by atoms with Gasteiger partial charge in [-0.25, -0.2) is 0 Å². The topological polar surface area (TPSA) is 4.93 Å². The van der Waals surface area contributed by atoms with Crippen LogP contribution in [0.3, 0.4) is 0 Å². The molecule has 1 aromatic heterocycles. The van der Waals surface area contributed by atoms with E-state index in [-0.39, 0.29) is 5.41 Å². The maximum absolute atomic E-state index is 2.98. The lowest BCUT2D eigenvalue weighted by Crippen LogP contribution is -2.75. The molecule has 1 heterocycles. The van der Waals surface area contributed by atoms with Gasteiger partial charge in [0.2, 0.25) is 0 Å². The van der Waals surface area contributed by atoms with Gasteiger partial charge < -0.3 is 4.57 Å². The predicted molar refractivity (Wildman–Crippen MR) is 227 cm³/mol. The molecule has 0 bridgehead atoms. The standard InChI is InChI=1S/C51H39NSi/c1-51(2)46-29-14-12-26-42(46)43-33-32-37(35-47(43)51)36-18-16-25-41(34-36)53(39-21-8-4-9-22-39,40-23-10-5-11-24-40)49-31-17-28-45-44-27-13-15-30-48(44)52(50(45)49)38-19-6-3-7-20-38/h3-35H,1-2H3. The van der Waals surface area contributed by atoms with Gasteiger partial charge in [0.05, 0.1) is 11.0 Å². The molecule has 9 aromatic rings. The molecule has 2 heteroatoms. The third-order valence-electron chi connectivity index (χ3n) is 11.7. The minimum Gasteiger partial charge on any atom is -0.309 e. The fourth-order valence-corrected chi connectivity index (χ4v) is 14.3. The zero-order chi connectivity index (χ0) is 35.6. The SMILES string of the molecule is CC1(C)c2ccccc2-c2ccc(-c3cccc([Si](c4ccccc4)(c4ccccc4)c4cccc5c6ccccc6n(-c6ccccc6)c45)c3)cc21. The quantitative estimate of drug-likeness (QED) is 0.121. The Morgan fingerprint density at radius 2 is 0.981 bits per heavy atom. The largest absolute Gasteiger partial charge is 0.309 e. The summed E-state index contributed by atoms with van der Waals surface area (Å²) in [5.74, 6) is 0. The van der Waals surface area contributed by atoms with E-state index in [1.54, 1.807) is 0 Å². The van der Waals surface area contributed by atoms with E-state index < -0.39 is 8.07 Å². The Bertz CT molecular complexity index is 2760. The monoisotopic (exact) mass is 693 g/mol. The molecule has 0 amide bonds. The summed E-state index contributed by atoms with van der Waals surface area (Å²) in [6.45, 7) is 4.74. The summed E-state index contributed by atoms with van der Waals surface area (Å²) < 4.78 is 2.51. The molecule has 0 fully saturated rings. The van der Waals surface area contributed by atoms with Crippen molar-refractivity contribution in [3.63, 3.8) is 0 Å². The highest BCUT2D eigenvalue weighted by Gasteiger charge is 2.44. The summed E-state index contributed by atoms with van der Waals surface area (Å²) in [5, 5.41) is 8.04. The summed E-state index contributed by atoms with van der Waals surface area (Å²) in [5.41, 5.74) is 11.6. The summed E-state index contributed by atoms with van der Waals surface area (Å²) in [4.78, 5) is 0. The van der Waals surface area contributed by atoms with E-state index in [4.69, 9.17) is 0 Å². The summed E-state index contributed by atoms with van der Waals surface area (Å²) in [7, 11) is -2.98. The molecule has 0 saturated heterocycles. The third-order valence-corrected chi connectivity index (χ3v) is 16.5. The first-order valence-corrected chi connectivity index (χ1v) is 20.6. The molecule has 0 saturated carbocycles. The van der Waals surface area contributed by atoms with Crippen molar-refractivity contribution >= 4 is 50.6 Å². The summed E-state index contributed by atoms with van der Waals surface area (Å²) in [6, 6.07) is 75.0. The average molecular weight is 694 g/mol. The Morgan fingerprint density at radius 3 is 1.74 bits per heavy atom. The van der Waals surface area contributed by atoms with Crippen LogP contribution in [0.2, 0.25) is 0 Å². The molecule has 10 rings (SSSR count). The van der Waals surface area contributed by atoms with Crippen molar-refractivity contribution in [1.29, 1.82) is 0 Å². The van der Waals surface area contributed by atoms with Crippen LogP contribution < -0.4 is 20.7 Å². The van der Waals surface area contributed by atoms with Crippen LogP contribution >= 0.6 is 0 Å². The Morgan fingerprint density at radius 1 is 0.415 bits per heavy atom. The van der Waals surface area contributed by atoms with Crippen molar-refractivity contribution in [3.05, 3.63) is 211 Å². The molecule has 0 atom stereocenters. The van der Waals surface area contributed by atoms with Crippen molar-refractivity contribution in [1.82, 2.24) is 4.57 Å². The van der Waals surface area contributed by atoms with E-state index in [1.165, 1.54) is 81.6 Å². The van der Waals surface area contributed by atoms with Crippen LogP contribution in [0.15, 0.2) is 200 Å². The van der Waals surface area contributed by atoms with Gasteiger partial charge in [-0.1, -0.05) is 190 Å². The van der Waals surface area contributed by atoms with Gasteiger partial charge in [0, 0.05) is 21.9 Å². The van der Waals surface area contributed by atoms with Crippen LogP contribution in [-0.2, 0) is 5.41 Å². The number of nitrogens with zero attached hydrogens (tertiary/aromatic N) is 1. The van der Waals surface area contributed by atoms with Gasteiger partial charge in [-0.15, -0.1) is 0 Å². The highest BCUT2D eigenvalue weighted by molar-refractivity contribution is 7.20. The first-order valence-electron chi connectivity index (χ1n) is 18.6. The van der Waals surface area contributed by atoms with Crippen molar-refractivity contribution in [3.8, 4) is 27.9 Å².